The second-order valence-electron chi connectivity index (χ2n) is 4.32. The largest absolute Gasteiger partial charge is 0.383 e. The van der Waals surface area contributed by atoms with E-state index in [1.807, 2.05) is 0 Å². The summed E-state index contributed by atoms with van der Waals surface area (Å²) in [5, 5.41) is 0.304. The van der Waals surface area contributed by atoms with E-state index in [-0.39, 0.29) is 0 Å². The minimum absolute atomic E-state index is 0.304. The van der Waals surface area contributed by atoms with Crippen molar-refractivity contribution in [1.82, 2.24) is 9.97 Å². The van der Waals surface area contributed by atoms with Crippen LogP contribution in [0.5, 0.6) is 0 Å². The molecule has 19 heavy (non-hydrogen) atoms. The molecule has 0 fully saturated rings. The second kappa shape index (κ2) is 4.75. The highest BCUT2D eigenvalue weighted by molar-refractivity contribution is 6.30. The number of fused-ring (bicyclic) bond motifs is 1. The maximum Gasteiger partial charge on any atom is 0.161 e. The van der Waals surface area contributed by atoms with Crippen LogP contribution >= 0.6 is 11.6 Å². The summed E-state index contributed by atoms with van der Waals surface area (Å²) in [5.41, 5.74) is 8.09. The Kier molecular flexibility index (Phi) is 3.08. The molecular weight excluding hydrogens is 269 g/mol. The van der Waals surface area contributed by atoms with Crippen molar-refractivity contribution in [1.29, 1.82) is 0 Å². The van der Waals surface area contributed by atoms with Crippen LogP contribution in [0, 0.1) is 5.82 Å². The summed E-state index contributed by atoms with van der Waals surface area (Å²) >= 11 is 5.84. The smallest absolute Gasteiger partial charge is 0.161 e. The molecule has 6 heteroatoms. The van der Waals surface area contributed by atoms with Gasteiger partial charge in [-0.3, -0.25) is 0 Å². The Morgan fingerprint density at radius 2 is 2.11 bits per heavy atom. The van der Waals surface area contributed by atoms with Gasteiger partial charge in [0.05, 0.1) is 18.9 Å². The molecule has 0 radical (unpaired) electrons. The first-order valence-electron chi connectivity index (χ1n) is 5.83. The number of benzene rings is 1. The van der Waals surface area contributed by atoms with Gasteiger partial charge in [0.2, 0.25) is 0 Å². The Balaban J connectivity index is 2.12. The Labute approximate surface area is 114 Å². The highest BCUT2D eigenvalue weighted by Crippen LogP contribution is 2.26. The summed E-state index contributed by atoms with van der Waals surface area (Å²) in [7, 11) is 0. The molecule has 0 aliphatic carbocycles. The van der Waals surface area contributed by atoms with E-state index < -0.39 is 5.82 Å². The van der Waals surface area contributed by atoms with Crippen molar-refractivity contribution in [3.63, 3.8) is 0 Å². The maximum absolute atomic E-state index is 13.4. The highest BCUT2D eigenvalue weighted by Gasteiger charge is 2.17. The van der Waals surface area contributed by atoms with Gasteiger partial charge in [0.15, 0.2) is 5.82 Å². The lowest BCUT2D eigenvalue weighted by Crippen LogP contribution is -2.16. The van der Waals surface area contributed by atoms with Gasteiger partial charge in [-0.1, -0.05) is 11.6 Å². The number of halogens is 2. The summed E-state index contributed by atoms with van der Waals surface area (Å²) in [4.78, 5) is 8.63. The van der Waals surface area contributed by atoms with Crippen LogP contribution in [0.4, 0.5) is 10.2 Å². The number of hydrogen-bond acceptors (Lipinski definition) is 4. The molecule has 0 atom stereocenters. The van der Waals surface area contributed by atoms with Gasteiger partial charge in [-0.15, -0.1) is 0 Å². The normalized spacial score (nSPS) is 14.2. The molecule has 0 unspecified atom stereocenters. The Morgan fingerprint density at radius 3 is 2.89 bits per heavy atom. The minimum atomic E-state index is -0.425. The van der Waals surface area contributed by atoms with E-state index in [1.165, 1.54) is 12.1 Å². The van der Waals surface area contributed by atoms with Crippen molar-refractivity contribution >= 4 is 17.4 Å². The molecule has 1 aliphatic heterocycles. The van der Waals surface area contributed by atoms with Crippen molar-refractivity contribution < 1.29 is 9.13 Å². The summed E-state index contributed by atoms with van der Waals surface area (Å²) in [6.07, 6.45) is 0.679. The van der Waals surface area contributed by atoms with E-state index >= 15 is 0 Å². The van der Waals surface area contributed by atoms with E-state index in [2.05, 4.69) is 9.97 Å². The van der Waals surface area contributed by atoms with Crippen molar-refractivity contribution in [2.45, 2.75) is 13.0 Å². The van der Waals surface area contributed by atoms with Gasteiger partial charge in [0.25, 0.3) is 0 Å². The molecule has 1 aliphatic rings. The van der Waals surface area contributed by atoms with Crippen LogP contribution in [0.2, 0.25) is 5.02 Å². The van der Waals surface area contributed by atoms with Crippen LogP contribution in [0.3, 0.4) is 0 Å². The number of ether oxygens (including phenoxy) is 1. The summed E-state index contributed by atoms with van der Waals surface area (Å²) in [5.74, 6) is 0.338. The summed E-state index contributed by atoms with van der Waals surface area (Å²) < 4.78 is 18.7. The van der Waals surface area contributed by atoms with Crippen LogP contribution in [-0.4, -0.2) is 16.6 Å². The van der Waals surface area contributed by atoms with Crippen LogP contribution in [0.1, 0.15) is 11.3 Å². The predicted octanol–water partition coefficient (Wildman–Crippen LogP) is 2.59. The van der Waals surface area contributed by atoms with Gasteiger partial charge < -0.3 is 10.5 Å². The Hall–Kier alpha value is -1.72. The van der Waals surface area contributed by atoms with E-state index in [1.54, 1.807) is 6.07 Å². The molecule has 1 aromatic carbocycles. The second-order valence-corrected chi connectivity index (χ2v) is 4.75. The molecule has 0 amide bonds. The molecule has 98 valence electrons. The van der Waals surface area contributed by atoms with Crippen molar-refractivity contribution in [3.05, 3.63) is 40.3 Å². The van der Waals surface area contributed by atoms with E-state index in [0.29, 0.717) is 41.9 Å². The molecule has 0 bridgehead atoms. The molecule has 1 aromatic heterocycles. The van der Waals surface area contributed by atoms with Gasteiger partial charge in [-0.05, 0) is 18.2 Å². The quantitative estimate of drug-likeness (QED) is 0.871. The van der Waals surface area contributed by atoms with Crippen molar-refractivity contribution in [2.75, 3.05) is 12.3 Å². The van der Waals surface area contributed by atoms with Crippen molar-refractivity contribution in [2.24, 2.45) is 0 Å². The maximum atomic E-state index is 13.4. The first kappa shape index (κ1) is 12.3. The number of rotatable bonds is 1. The van der Waals surface area contributed by atoms with Crippen LogP contribution in [0.25, 0.3) is 11.4 Å². The van der Waals surface area contributed by atoms with E-state index in [4.69, 9.17) is 22.1 Å². The average molecular weight is 280 g/mol. The van der Waals surface area contributed by atoms with Crippen molar-refractivity contribution in [3.8, 4) is 11.4 Å². The zero-order valence-electron chi connectivity index (χ0n) is 9.99. The molecule has 0 saturated heterocycles. The molecular formula is C13H11ClFN3O. The number of aromatic nitrogens is 2. The number of hydrogen-bond donors (Lipinski definition) is 1. The lowest BCUT2D eigenvalue weighted by Gasteiger charge is -2.17. The standard InChI is InChI=1S/C13H11ClFN3O/c14-8-3-7(4-9(15)5-8)13-17-11-1-2-19-6-10(11)12(16)18-13/h3-5H,1-2,6H2,(H2,16,17,18). The van der Waals surface area contributed by atoms with Gasteiger partial charge in [0, 0.05) is 22.6 Å². The van der Waals surface area contributed by atoms with Gasteiger partial charge in [-0.2, -0.15) is 0 Å². The fraction of sp³-hybridized carbons (Fsp3) is 0.231. The topological polar surface area (TPSA) is 61.0 Å². The molecule has 2 aromatic rings. The lowest BCUT2D eigenvalue weighted by molar-refractivity contribution is 0.109. The molecule has 0 spiro atoms. The van der Waals surface area contributed by atoms with Crippen LogP contribution in [-0.2, 0) is 17.8 Å². The Bertz CT molecular complexity index is 628. The highest BCUT2D eigenvalue weighted by atomic mass is 35.5. The fourth-order valence-corrected chi connectivity index (χ4v) is 2.29. The SMILES string of the molecule is Nc1nc(-c2cc(F)cc(Cl)c2)nc2c1COCC2. The molecule has 2 heterocycles. The first-order chi connectivity index (χ1) is 9.13. The molecule has 3 rings (SSSR count). The molecule has 2 N–H and O–H groups in total. The fourth-order valence-electron chi connectivity index (χ4n) is 2.07. The zero-order chi connectivity index (χ0) is 13.4. The molecule has 0 saturated carbocycles. The summed E-state index contributed by atoms with van der Waals surface area (Å²) in [6, 6.07) is 4.19. The lowest BCUT2D eigenvalue weighted by atomic mass is 10.1. The van der Waals surface area contributed by atoms with E-state index in [9.17, 15) is 4.39 Å². The number of anilines is 1. The van der Waals surface area contributed by atoms with Gasteiger partial charge >= 0.3 is 0 Å². The summed E-state index contributed by atoms with van der Waals surface area (Å²) in [6.45, 7) is 1.03. The van der Waals surface area contributed by atoms with E-state index in [0.717, 1.165) is 11.3 Å². The molecule has 4 nitrogen and oxygen atoms in total. The number of nitrogens with zero attached hydrogens (tertiary/aromatic N) is 2. The average Bonchev–Trinajstić information content (AvgIpc) is 2.37. The number of nitrogen functional groups attached to an aromatic ring is 1. The van der Waals surface area contributed by atoms with Gasteiger partial charge in [0.1, 0.15) is 11.6 Å². The predicted molar refractivity (Wildman–Crippen MR) is 70.2 cm³/mol. The Morgan fingerprint density at radius 1 is 1.26 bits per heavy atom. The minimum Gasteiger partial charge on any atom is -0.383 e. The monoisotopic (exact) mass is 279 g/mol. The third kappa shape index (κ3) is 2.39. The van der Waals surface area contributed by atoms with Crippen LogP contribution in [0.15, 0.2) is 18.2 Å². The first-order valence-corrected chi connectivity index (χ1v) is 6.21. The number of nitrogens with two attached hydrogens (primary N) is 1. The zero-order valence-corrected chi connectivity index (χ0v) is 10.7. The third-order valence-electron chi connectivity index (χ3n) is 2.98. The van der Waals surface area contributed by atoms with Crippen LogP contribution < -0.4 is 5.73 Å². The third-order valence-corrected chi connectivity index (χ3v) is 3.19. The van der Waals surface area contributed by atoms with Gasteiger partial charge in [-0.25, -0.2) is 14.4 Å².